The molecule has 0 fully saturated rings. The van der Waals surface area contributed by atoms with E-state index in [1.165, 1.54) is 12.1 Å². The van der Waals surface area contributed by atoms with Crippen LogP contribution in [0, 0.1) is 0 Å². The first-order valence-electron chi connectivity index (χ1n) is 8.46. The van der Waals surface area contributed by atoms with Crippen LogP contribution in [0.5, 0.6) is 0 Å². The minimum absolute atomic E-state index is 0.0910. The molecule has 3 nitrogen and oxygen atoms in total. The Morgan fingerprint density at radius 2 is 1.39 bits per heavy atom. The van der Waals surface area contributed by atoms with Gasteiger partial charge >= 0.3 is 12.1 Å². The fourth-order valence-corrected chi connectivity index (χ4v) is 5.23. The van der Waals surface area contributed by atoms with Crippen LogP contribution in [0.2, 0.25) is 0 Å². The van der Waals surface area contributed by atoms with Gasteiger partial charge in [0.1, 0.15) is 10.9 Å². The number of alkyl halides is 3. The average molecular weight is 402 g/mol. The number of esters is 1. The Balaban J connectivity index is 1.66. The normalized spacial score (nSPS) is 13.2. The number of ether oxygens (including phenoxy) is 1. The van der Waals surface area contributed by atoms with Gasteiger partial charge in [-0.3, -0.25) is 0 Å². The van der Waals surface area contributed by atoms with Gasteiger partial charge in [0.25, 0.3) is 0 Å². The van der Waals surface area contributed by atoms with Crippen molar-refractivity contribution < 1.29 is 22.7 Å². The predicted molar refractivity (Wildman–Crippen MR) is 101 cm³/mol. The van der Waals surface area contributed by atoms with Gasteiger partial charge in [0.2, 0.25) is 0 Å². The summed E-state index contributed by atoms with van der Waals surface area (Å²) in [6.07, 6.45) is -4.54. The molecule has 0 unspecified atom stereocenters. The highest BCUT2D eigenvalue weighted by atomic mass is 32.2. The summed E-state index contributed by atoms with van der Waals surface area (Å²) in [5.41, 5.74) is 2.12. The summed E-state index contributed by atoms with van der Waals surface area (Å²) in [6, 6.07) is 22.5. The Hall–Kier alpha value is -2.93. The number of hydrogen-bond donors (Lipinski definition) is 1. The zero-order valence-electron chi connectivity index (χ0n) is 14.5. The van der Waals surface area contributed by atoms with Crippen molar-refractivity contribution in [2.24, 2.45) is 0 Å². The molecular weight excluding hydrogens is 387 g/mol. The van der Waals surface area contributed by atoms with Crippen LogP contribution in [0.4, 0.5) is 24.5 Å². The second-order valence-electron chi connectivity index (χ2n) is 6.14. The molecule has 1 aliphatic heterocycles. The highest BCUT2D eigenvalue weighted by Gasteiger charge is 2.37. The minimum Gasteiger partial charge on any atom is -0.452 e. The molecule has 0 atom stereocenters. The highest BCUT2D eigenvalue weighted by molar-refractivity contribution is 7.97. The zero-order chi connectivity index (χ0) is 19.7. The van der Waals surface area contributed by atoms with Gasteiger partial charge in [0.05, 0.1) is 16.9 Å². The maximum atomic E-state index is 12.2. The number of hydrogen-bond acceptors (Lipinski definition) is 3. The van der Waals surface area contributed by atoms with Gasteiger partial charge in [0, 0.05) is 0 Å². The van der Waals surface area contributed by atoms with E-state index in [9.17, 15) is 18.0 Å². The smallest absolute Gasteiger partial charge is 0.422 e. The van der Waals surface area contributed by atoms with E-state index in [4.69, 9.17) is 0 Å². The molecule has 1 N–H and O–H groups in total. The molecule has 0 saturated carbocycles. The molecule has 0 bridgehead atoms. The van der Waals surface area contributed by atoms with Gasteiger partial charge in [-0.05, 0) is 48.5 Å². The summed E-state index contributed by atoms with van der Waals surface area (Å²) >= 11 is 0. The Kier molecular flexibility index (Phi) is 4.77. The minimum atomic E-state index is -4.54. The lowest BCUT2D eigenvalue weighted by atomic mass is 10.2. The summed E-state index contributed by atoms with van der Waals surface area (Å²) in [5.74, 6) is -0.988. The Bertz CT molecular complexity index is 973. The van der Waals surface area contributed by atoms with Gasteiger partial charge in [0.15, 0.2) is 21.3 Å². The molecule has 142 valence electrons. The van der Waals surface area contributed by atoms with Crippen LogP contribution >= 0.6 is 0 Å². The maximum Gasteiger partial charge on any atom is 0.422 e. The molecule has 0 amide bonds. The fraction of sp³-hybridized carbons (Fsp3) is 0.0952. The number of benzene rings is 3. The third-order valence-corrected chi connectivity index (χ3v) is 6.51. The number of para-hydroxylation sites is 2. The molecule has 7 heteroatoms. The van der Waals surface area contributed by atoms with Crippen molar-refractivity contribution in [2.75, 3.05) is 11.9 Å². The van der Waals surface area contributed by atoms with Gasteiger partial charge in [-0.2, -0.15) is 13.2 Å². The number of nitrogens with one attached hydrogen (secondary N) is 1. The van der Waals surface area contributed by atoms with Gasteiger partial charge in [-0.25, -0.2) is 4.79 Å². The van der Waals surface area contributed by atoms with E-state index in [1.807, 2.05) is 48.5 Å². The van der Waals surface area contributed by atoms with Gasteiger partial charge in [-0.1, -0.05) is 24.3 Å². The number of carbonyl (C=O) groups excluding carboxylic acids is 1. The van der Waals surface area contributed by atoms with E-state index in [1.54, 1.807) is 12.1 Å². The highest BCUT2D eigenvalue weighted by Crippen LogP contribution is 2.44. The molecule has 0 aliphatic carbocycles. The lowest BCUT2D eigenvalue weighted by Gasteiger charge is -2.20. The van der Waals surface area contributed by atoms with E-state index in [-0.39, 0.29) is 5.56 Å². The summed E-state index contributed by atoms with van der Waals surface area (Å²) in [5, 5.41) is 3.43. The van der Waals surface area contributed by atoms with Crippen LogP contribution < -0.4 is 5.32 Å². The SMILES string of the molecule is O=C(OCC(F)(F)F)c1ccc([S+]2c3ccccc3Nc3ccccc32)cc1. The maximum absolute atomic E-state index is 12.2. The Morgan fingerprint density at radius 3 is 1.93 bits per heavy atom. The summed E-state index contributed by atoms with van der Waals surface area (Å²) in [7, 11) is -0.392. The van der Waals surface area contributed by atoms with E-state index in [0.717, 1.165) is 26.1 Å². The molecule has 0 saturated heterocycles. The third kappa shape index (κ3) is 3.71. The van der Waals surface area contributed by atoms with Crippen molar-refractivity contribution in [3.8, 4) is 0 Å². The lowest BCUT2D eigenvalue weighted by molar-refractivity contribution is -0.161. The van der Waals surface area contributed by atoms with E-state index >= 15 is 0 Å². The van der Waals surface area contributed by atoms with Gasteiger partial charge < -0.3 is 10.1 Å². The second-order valence-corrected chi connectivity index (χ2v) is 8.10. The topological polar surface area (TPSA) is 38.3 Å². The summed E-state index contributed by atoms with van der Waals surface area (Å²) in [4.78, 5) is 15.1. The predicted octanol–water partition coefficient (Wildman–Crippen LogP) is 5.56. The number of halogens is 3. The molecule has 1 aliphatic rings. The van der Waals surface area contributed by atoms with Crippen LogP contribution in [0.3, 0.4) is 0 Å². The number of rotatable bonds is 3. The van der Waals surface area contributed by atoms with Crippen LogP contribution in [0.1, 0.15) is 10.4 Å². The van der Waals surface area contributed by atoms with Crippen molar-refractivity contribution in [3.63, 3.8) is 0 Å². The van der Waals surface area contributed by atoms with Crippen LogP contribution in [-0.2, 0) is 15.6 Å². The van der Waals surface area contributed by atoms with E-state index < -0.39 is 29.6 Å². The van der Waals surface area contributed by atoms with Crippen molar-refractivity contribution in [1.29, 1.82) is 0 Å². The first-order valence-corrected chi connectivity index (χ1v) is 9.68. The number of carbonyl (C=O) groups is 1. The first-order chi connectivity index (χ1) is 13.4. The number of anilines is 2. The summed E-state index contributed by atoms with van der Waals surface area (Å²) < 4.78 is 41.0. The second kappa shape index (κ2) is 7.24. The van der Waals surface area contributed by atoms with E-state index in [0.29, 0.717) is 0 Å². The number of fused-ring (bicyclic) bond motifs is 2. The van der Waals surface area contributed by atoms with Crippen LogP contribution in [0.25, 0.3) is 0 Å². The van der Waals surface area contributed by atoms with Crippen LogP contribution in [-0.4, -0.2) is 18.8 Å². The molecule has 0 spiro atoms. The molecule has 3 aromatic rings. The van der Waals surface area contributed by atoms with Crippen molar-refractivity contribution in [3.05, 3.63) is 78.4 Å². The monoisotopic (exact) mass is 402 g/mol. The molecular formula is C21H15F3NO2S+. The molecule has 0 aromatic heterocycles. The average Bonchev–Trinajstić information content (AvgIpc) is 2.70. The van der Waals surface area contributed by atoms with Gasteiger partial charge in [-0.15, -0.1) is 0 Å². The largest absolute Gasteiger partial charge is 0.452 e. The Labute approximate surface area is 162 Å². The quantitative estimate of drug-likeness (QED) is 0.360. The molecule has 1 heterocycles. The first kappa shape index (κ1) is 18.4. The van der Waals surface area contributed by atoms with Crippen LogP contribution in [0.15, 0.2) is 87.5 Å². The van der Waals surface area contributed by atoms with E-state index in [2.05, 4.69) is 10.1 Å². The molecule has 4 rings (SSSR count). The summed E-state index contributed by atoms with van der Waals surface area (Å²) in [6.45, 7) is -1.59. The van der Waals surface area contributed by atoms with Crippen molar-refractivity contribution >= 4 is 28.2 Å². The standard InChI is InChI=1S/C21H15F3NO2S/c22-21(23,24)13-27-20(26)14-9-11-15(12-10-14)28-18-7-3-1-5-16(18)25-17-6-2-4-8-19(17)28/h1-12,25H,13H2/q+1. The molecule has 0 radical (unpaired) electrons. The third-order valence-electron chi connectivity index (χ3n) is 4.18. The molecule has 3 aromatic carbocycles. The zero-order valence-corrected chi connectivity index (χ0v) is 15.3. The molecule has 28 heavy (non-hydrogen) atoms. The fourth-order valence-electron chi connectivity index (χ4n) is 2.97. The van der Waals surface area contributed by atoms with Crippen molar-refractivity contribution in [1.82, 2.24) is 0 Å². The Morgan fingerprint density at radius 1 is 0.857 bits per heavy atom. The van der Waals surface area contributed by atoms with Crippen molar-refractivity contribution in [2.45, 2.75) is 20.9 Å². The lowest BCUT2D eigenvalue weighted by Crippen LogP contribution is -2.20.